The van der Waals surface area contributed by atoms with Crippen molar-refractivity contribution < 1.29 is 8.81 Å². The second-order valence-corrected chi connectivity index (χ2v) is 2.09. The van der Waals surface area contributed by atoms with Gasteiger partial charge in [-0.15, -0.1) is 0 Å². The number of furan rings is 1. The van der Waals surface area contributed by atoms with E-state index < -0.39 is 6.67 Å². The first kappa shape index (κ1) is 6.33. The molecule has 1 heterocycles. The van der Waals surface area contributed by atoms with Crippen LogP contribution >= 0.6 is 0 Å². The highest BCUT2D eigenvalue weighted by molar-refractivity contribution is 5.17. The van der Waals surface area contributed by atoms with Crippen LogP contribution in [0.15, 0.2) is 10.5 Å². The van der Waals surface area contributed by atoms with Gasteiger partial charge in [0.25, 0.3) is 0 Å². The highest BCUT2D eigenvalue weighted by atomic mass is 19.1. The van der Waals surface area contributed by atoms with E-state index in [0.29, 0.717) is 5.76 Å². The number of hydrogen-bond acceptors (Lipinski definition) is 1. The Bertz CT molecular complexity index is 183. The molecule has 2 heteroatoms. The Morgan fingerprint density at radius 1 is 1.56 bits per heavy atom. The number of alkyl halides is 1. The topological polar surface area (TPSA) is 13.1 Å². The van der Waals surface area contributed by atoms with Crippen LogP contribution in [0, 0.1) is 13.8 Å². The molecular formula is C7H9FO. The van der Waals surface area contributed by atoms with Gasteiger partial charge in [0.05, 0.1) is 0 Å². The van der Waals surface area contributed by atoms with Gasteiger partial charge in [0.15, 0.2) is 0 Å². The van der Waals surface area contributed by atoms with Gasteiger partial charge in [-0.05, 0) is 25.5 Å². The molecule has 1 aromatic rings. The van der Waals surface area contributed by atoms with E-state index in [1.54, 1.807) is 6.07 Å². The number of halogens is 1. The van der Waals surface area contributed by atoms with Crippen molar-refractivity contribution in [3.63, 3.8) is 0 Å². The third-order valence-electron chi connectivity index (χ3n) is 1.35. The molecule has 0 atom stereocenters. The van der Waals surface area contributed by atoms with Crippen LogP contribution in [0.4, 0.5) is 4.39 Å². The third-order valence-corrected chi connectivity index (χ3v) is 1.35. The summed E-state index contributed by atoms with van der Waals surface area (Å²) in [5.41, 5.74) is 1.02. The van der Waals surface area contributed by atoms with Crippen LogP contribution in [0.2, 0.25) is 0 Å². The van der Waals surface area contributed by atoms with Crippen molar-refractivity contribution in [1.82, 2.24) is 0 Å². The normalized spacial score (nSPS) is 10.1. The standard InChI is InChI=1S/C7H9FO/c1-5-3-7(4-8)9-6(5)2/h3H,4H2,1-2H3. The Labute approximate surface area is 53.5 Å². The summed E-state index contributed by atoms with van der Waals surface area (Å²) >= 11 is 0. The minimum Gasteiger partial charge on any atom is -0.463 e. The lowest BCUT2D eigenvalue weighted by Gasteiger charge is -1.82. The van der Waals surface area contributed by atoms with Crippen LogP contribution in [-0.4, -0.2) is 0 Å². The molecule has 1 rings (SSSR count). The minimum absolute atomic E-state index is 0.421. The van der Waals surface area contributed by atoms with Gasteiger partial charge in [-0.25, -0.2) is 4.39 Å². The maximum absolute atomic E-state index is 11.8. The minimum atomic E-state index is -0.505. The molecule has 0 bridgehead atoms. The summed E-state index contributed by atoms with van der Waals surface area (Å²) < 4.78 is 16.8. The van der Waals surface area contributed by atoms with Gasteiger partial charge >= 0.3 is 0 Å². The molecule has 0 aromatic carbocycles. The van der Waals surface area contributed by atoms with Crippen LogP contribution in [0.5, 0.6) is 0 Å². The van der Waals surface area contributed by atoms with E-state index in [1.807, 2.05) is 13.8 Å². The molecule has 0 aliphatic heterocycles. The average molecular weight is 128 g/mol. The molecule has 0 amide bonds. The lowest BCUT2D eigenvalue weighted by Crippen LogP contribution is -1.65. The Kier molecular flexibility index (Phi) is 1.56. The Morgan fingerprint density at radius 3 is 2.44 bits per heavy atom. The molecule has 0 radical (unpaired) electrons. The lowest BCUT2D eigenvalue weighted by molar-refractivity contribution is 0.383. The number of hydrogen-bond donors (Lipinski definition) is 0. The molecule has 1 nitrogen and oxygen atoms in total. The second kappa shape index (κ2) is 2.21. The largest absolute Gasteiger partial charge is 0.463 e. The van der Waals surface area contributed by atoms with Crippen molar-refractivity contribution in [2.75, 3.05) is 0 Å². The summed E-state index contributed by atoms with van der Waals surface area (Å²) in [6, 6.07) is 1.72. The highest BCUT2D eigenvalue weighted by Gasteiger charge is 2.00. The van der Waals surface area contributed by atoms with E-state index in [9.17, 15) is 4.39 Å². The van der Waals surface area contributed by atoms with Crippen LogP contribution in [0.25, 0.3) is 0 Å². The molecule has 0 aliphatic rings. The SMILES string of the molecule is Cc1cc(CF)oc1C. The van der Waals surface area contributed by atoms with Crippen molar-refractivity contribution in [2.24, 2.45) is 0 Å². The maximum Gasteiger partial charge on any atom is 0.147 e. The molecule has 9 heavy (non-hydrogen) atoms. The highest BCUT2D eigenvalue weighted by Crippen LogP contribution is 2.13. The molecule has 1 aromatic heterocycles. The molecule has 0 saturated carbocycles. The van der Waals surface area contributed by atoms with E-state index >= 15 is 0 Å². The van der Waals surface area contributed by atoms with Crippen LogP contribution < -0.4 is 0 Å². The number of rotatable bonds is 1. The fourth-order valence-electron chi connectivity index (χ4n) is 0.716. The first-order chi connectivity index (χ1) is 4.24. The van der Waals surface area contributed by atoms with Gasteiger partial charge in [0, 0.05) is 0 Å². The lowest BCUT2D eigenvalue weighted by atomic mass is 10.3. The Morgan fingerprint density at radius 2 is 2.22 bits per heavy atom. The summed E-state index contributed by atoms with van der Waals surface area (Å²) in [6.07, 6.45) is 0. The van der Waals surface area contributed by atoms with Crippen LogP contribution in [-0.2, 0) is 6.67 Å². The monoisotopic (exact) mass is 128 g/mol. The zero-order valence-corrected chi connectivity index (χ0v) is 5.57. The summed E-state index contributed by atoms with van der Waals surface area (Å²) in [7, 11) is 0. The van der Waals surface area contributed by atoms with Crippen molar-refractivity contribution in [2.45, 2.75) is 20.5 Å². The molecule has 50 valence electrons. The number of aryl methyl sites for hydroxylation is 2. The van der Waals surface area contributed by atoms with Crippen molar-refractivity contribution in [1.29, 1.82) is 0 Å². The van der Waals surface area contributed by atoms with E-state index in [-0.39, 0.29) is 0 Å². The van der Waals surface area contributed by atoms with Crippen LogP contribution in [0.3, 0.4) is 0 Å². The van der Waals surface area contributed by atoms with Gasteiger partial charge in [-0.1, -0.05) is 0 Å². The fourth-order valence-corrected chi connectivity index (χ4v) is 0.716. The van der Waals surface area contributed by atoms with Crippen molar-refractivity contribution in [3.8, 4) is 0 Å². The first-order valence-corrected chi connectivity index (χ1v) is 2.86. The van der Waals surface area contributed by atoms with E-state index in [4.69, 9.17) is 4.42 Å². The second-order valence-electron chi connectivity index (χ2n) is 2.09. The third kappa shape index (κ3) is 1.12. The van der Waals surface area contributed by atoms with Gasteiger partial charge in [0.2, 0.25) is 0 Å². The Balaban J connectivity index is 2.98. The molecule has 0 aliphatic carbocycles. The fraction of sp³-hybridized carbons (Fsp3) is 0.429. The van der Waals surface area contributed by atoms with E-state index in [2.05, 4.69) is 0 Å². The predicted octanol–water partition coefficient (Wildman–Crippen LogP) is 2.37. The molecular weight excluding hydrogens is 119 g/mol. The summed E-state index contributed by atoms with van der Waals surface area (Å²) in [5.74, 6) is 1.23. The van der Waals surface area contributed by atoms with Gasteiger partial charge in [0.1, 0.15) is 18.2 Å². The quantitative estimate of drug-likeness (QED) is 0.565. The van der Waals surface area contributed by atoms with E-state index in [1.165, 1.54) is 0 Å². The van der Waals surface area contributed by atoms with E-state index in [0.717, 1.165) is 11.3 Å². The zero-order valence-electron chi connectivity index (χ0n) is 5.57. The molecule has 0 spiro atoms. The summed E-state index contributed by atoms with van der Waals surface area (Å²) in [5, 5.41) is 0. The molecule has 0 N–H and O–H groups in total. The molecule has 0 fully saturated rings. The van der Waals surface area contributed by atoms with Gasteiger partial charge in [-0.3, -0.25) is 0 Å². The summed E-state index contributed by atoms with van der Waals surface area (Å²) in [4.78, 5) is 0. The van der Waals surface area contributed by atoms with Gasteiger partial charge in [-0.2, -0.15) is 0 Å². The smallest absolute Gasteiger partial charge is 0.147 e. The predicted molar refractivity (Wildman–Crippen MR) is 33.0 cm³/mol. The zero-order chi connectivity index (χ0) is 6.85. The summed E-state index contributed by atoms with van der Waals surface area (Å²) in [6.45, 7) is 3.22. The first-order valence-electron chi connectivity index (χ1n) is 2.86. The molecule has 0 unspecified atom stereocenters. The Hall–Kier alpha value is -0.790. The van der Waals surface area contributed by atoms with Crippen molar-refractivity contribution >= 4 is 0 Å². The van der Waals surface area contributed by atoms with Crippen LogP contribution in [0.1, 0.15) is 17.1 Å². The molecule has 0 saturated heterocycles. The average Bonchev–Trinajstić information content (AvgIpc) is 2.13. The van der Waals surface area contributed by atoms with Gasteiger partial charge < -0.3 is 4.42 Å². The van der Waals surface area contributed by atoms with Crippen molar-refractivity contribution in [3.05, 3.63) is 23.2 Å². The maximum atomic E-state index is 11.8.